The summed E-state index contributed by atoms with van der Waals surface area (Å²) in [5, 5.41) is 1.50. The summed E-state index contributed by atoms with van der Waals surface area (Å²) in [6.07, 6.45) is 3.95. The largest absolute Gasteiger partial charge is 0.289 e. The maximum Gasteiger partial charge on any atom is 0.0497 e. The fraction of sp³-hybridized carbons (Fsp3) is 0.333. The lowest BCUT2D eigenvalue weighted by molar-refractivity contribution is 0.280. The average Bonchev–Trinajstić information content (AvgIpc) is 1.80. The third-order valence-corrected chi connectivity index (χ3v) is 1.25. The highest BCUT2D eigenvalue weighted by atomic mass is 15.7. The van der Waals surface area contributed by atoms with E-state index in [0.29, 0.717) is 0 Å². The van der Waals surface area contributed by atoms with Gasteiger partial charge in [0.25, 0.3) is 0 Å². The first-order valence-corrected chi connectivity index (χ1v) is 2.87. The van der Waals surface area contributed by atoms with Crippen LogP contribution in [0.4, 0.5) is 0 Å². The van der Waals surface area contributed by atoms with E-state index in [2.05, 4.69) is 5.43 Å². The molecule has 0 unspecified atom stereocenters. The van der Waals surface area contributed by atoms with E-state index in [-0.39, 0.29) is 0 Å². The second-order valence-corrected chi connectivity index (χ2v) is 2.14. The fourth-order valence-corrected chi connectivity index (χ4v) is 0.641. The molecule has 3 N–H and O–H groups in total. The molecule has 1 heterocycles. The molecule has 0 aromatic rings. The van der Waals surface area contributed by atoms with Crippen LogP contribution in [0.1, 0.15) is 13.8 Å². The summed E-state index contributed by atoms with van der Waals surface area (Å²) >= 11 is 0. The third kappa shape index (κ3) is 1.23. The highest BCUT2D eigenvalue weighted by Gasteiger charge is 2.01. The van der Waals surface area contributed by atoms with E-state index in [0.717, 1.165) is 11.4 Å². The molecule has 1 rings (SSSR count). The molecule has 1 aliphatic heterocycles. The van der Waals surface area contributed by atoms with Gasteiger partial charge in [-0.3, -0.25) is 5.43 Å². The standard InChI is InChI=1S/C6H11N3/c1-5-3-4-6(2)9(7)8-5/h3-4,8H,7H2,1-2H3. The van der Waals surface area contributed by atoms with Crippen LogP contribution in [0.15, 0.2) is 23.5 Å². The first-order valence-electron chi connectivity index (χ1n) is 2.87. The van der Waals surface area contributed by atoms with Crippen molar-refractivity contribution in [3.8, 4) is 0 Å². The molecule has 1 aliphatic rings. The van der Waals surface area contributed by atoms with E-state index in [1.54, 1.807) is 0 Å². The van der Waals surface area contributed by atoms with E-state index in [1.165, 1.54) is 5.12 Å². The van der Waals surface area contributed by atoms with Crippen molar-refractivity contribution in [2.45, 2.75) is 13.8 Å². The quantitative estimate of drug-likeness (QED) is 0.463. The number of hydrogen-bond donors (Lipinski definition) is 2. The van der Waals surface area contributed by atoms with Crippen LogP contribution in [0.25, 0.3) is 0 Å². The van der Waals surface area contributed by atoms with Crippen LogP contribution in [-0.4, -0.2) is 5.12 Å². The van der Waals surface area contributed by atoms with Gasteiger partial charge < -0.3 is 0 Å². The van der Waals surface area contributed by atoms with Gasteiger partial charge in [-0.05, 0) is 26.0 Å². The number of hydrazine groups is 2. The molecule has 0 bridgehead atoms. The van der Waals surface area contributed by atoms with Gasteiger partial charge >= 0.3 is 0 Å². The van der Waals surface area contributed by atoms with E-state index in [1.807, 2.05) is 26.0 Å². The molecule has 0 fully saturated rings. The van der Waals surface area contributed by atoms with Gasteiger partial charge in [-0.15, -0.1) is 0 Å². The third-order valence-electron chi connectivity index (χ3n) is 1.25. The van der Waals surface area contributed by atoms with Gasteiger partial charge in [0.1, 0.15) is 0 Å². The molecule has 0 amide bonds. The Labute approximate surface area is 54.8 Å². The average molecular weight is 125 g/mol. The number of nitrogens with two attached hydrogens (primary N) is 1. The van der Waals surface area contributed by atoms with Crippen molar-refractivity contribution in [1.29, 1.82) is 0 Å². The molecule has 0 aromatic heterocycles. The highest BCUT2D eigenvalue weighted by molar-refractivity contribution is 5.17. The minimum absolute atomic E-state index is 1.01. The molecule has 0 saturated heterocycles. The minimum Gasteiger partial charge on any atom is -0.289 e. The smallest absolute Gasteiger partial charge is 0.0497 e. The second-order valence-electron chi connectivity index (χ2n) is 2.14. The summed E-state index contributed by atoms with van der Waals surface area (Å²) in [7, 11) is 0. The highest BCUT2D eigenvalue weighted by Crippen LogP contribution is 2.03. The summed E-state index contributed by atoms with van der Waals surface area (Å²) < 4.78 is 0. The summed E-state index contributed by atoms with van der Waals surface area (Å²) in [6.45, 7) is 3.90. The second kappa shape index (κ2) is 2.11. The molecule has 0 spiro atoms. The van der Waals surface area contributed by atoms with Crippen LogP contribution in [0.5, 0.6) is 0 Å². The Morgan fingerprint density at radius 2 is 2.11 bits per heavy atom. The van der Waals surface area contributed by atoms with Crippen LogP contribution in [0.2, 0.25) is 0 Å². The minimum atomic E-state index is 1.01. The van der Waals surface area contributed by atoms with Crippen molar-refractivity contribution in [3.63, 3.8) is 0 Å². The predicted octanol–water partition coefficient (Wildman–Crippen LogP) is 0.488. The van der Waals surface area contributed by atoms with E-state index in [4.69, 9.17) is 5.84 Å². The van der Waals surface area contributed by atoms with Gasteiger partial charge in [0.15, 0.2) is 0 Å². The maximum absolute atomic E-state index is 5.48. The number of allylic oxidation sites excluding steroid dienone is 4. The zero-order valence-electron chi connectivity index (χ0n) is 5.68. The summed E-state index contributed by atoms with van der Waals surface area (Å²) in [4.78, 5) is 0. The van der Waals surface area contributed by atoms with Gasteiger partial charge in [0.2, 0.25) is 0 Å². The molecule has 3 nitrogen and oxygen atoms in total. The first-order chi connectivity index (χ1) is 4.20. The van der Waals surface area contributed by atoms with Crippen LogP contribution >= 0.6 is 0 Å². The molecular weight excluding hydrogens is 114 g/mol. The normalized spacial score (nSPS) is 18.3. The number of nitrogens with one attached hydrogen (secondary N) is 1. The monoisotopic (exact) mass is 125 g/mol. The summed E-state index contributed by atoms with van der Waals surface area (Å²) in [5.41, 5.74) is 5.01. The van der Waals surface area contributed by atoms with Crippen molar-refractivity contribution in [2.75, 3.05) is 0 Å². The zero-order valence-corrected chi connectivity index (χ0v) is 5.68. The van der Waals surface area contributed by atoms with Crippen LogP contribution < -0.4 is 11.3 Å². The topological polar surface area (TPSA) is 41.3 Å². The van der Waals surface area contributed by atoms with Crippen molar-refractivity contribution < 1.29 is 0 Å². The molecular formula is C6H11N3. The van der Waals surface area contributed by atoms with Gasteiger partial charge in [0.05, 0.1) is 0 Å². The predicted molar refractivity (Wildman–Crippen MR) is 36.7 cm³/mol. The maximum atomic E-state index is 5.48. The molecule has 9 heavy (non-hydrogen) atoms. The number of nitrogens with zero attached hydrogens (tertiary/aromatic N) is 1. The van der Waals surface area contributed by atoms with Crippen LogP contribution in [0.3, 0.4) is 0 Å². The van der Waals surface area contributed by atoms with Gasteiger partial charge in [-0.25, -0.2) is 11.0 Å². The van der Waals surface area contributed by atoms with Gasteiger partial charge in [0, 0.05) is 11.4 Å². The lowest BCUT2D eigenvalue weighted by Crippen LogP contribution is -2.42. The van der Waals surface area contributed by atoms with Gasteiger partial charge in [-0.1, -0.05) is 0 Å². The van der Waals surface area contributed by atoms with Crippen molar-refractivity contribution in [2.24, 2.45) is 5.84 Å². The van der Waals surface area contributed by atoms with Crippen LogP contribution in [-0.2, 0) is 0 Å². The lowest BCUT2D eigenvalue weighted by atomic mass is 10.3. The molecule has 0 saturated carbocycles. The molecule has 50 valence electrons. The van der Waals surface area contributed by atoms with Crippen molar-refractivity contribution >= 4 is 0 Å². The Morgan fingerprint density at radius 1 is 1.44 bits per heavy atom. The summed E-state index contributed by atoms with van der Waals surface area (Å²) in [6, 6.07) is 0. The summed E-state index contributed by atoms with van der Waals surface area (Å²) in [5.74, 6) is 5.48. The zero-order chi connectivity index (χ0) is 6.85. The van der Waals surface area contributed by atoms with Gasteiger partial charge in [-0.2, -0.15) is 0 Å². The lowest BCUT2D eigenvalue weighted by Gasteiger charge is -2.24. The van der Waals surface area contributed by atoms with E-state index < -0.39 is 0 Å². The molecule has 0 radical (unpaired) electrons. The molecule has 0 aromatic carbocycles. The van der Waals surface area contributed by atoms with Crippen molar-refractivity contribution in [3.05, 3.63) is 23.5 Å². The Balaban J connectivity index is 2.74. The van der Waals surface area contributed by atoms with Crippen LogP contribution in [0, 0.1) is 0 Å². The van der Waals surface area contributed by atoms with E-state index >= 15 is 0 Å². The Bertz CT molecular complexity index is 169. The Hall–Kier alpha value is -0.960. The van der Waals surface area contributed by atoms with E-state index in [9.17, 15) is 0 Å². The Kier molecular flexibility index (Phi) is 1.44. The molecule has 0 atom stereocenters. The first kappa shape index (κ1) is 6.16. The Morgan fingerprint density at radius 3 is 2.56 bits per heavy atom. The number of rotatable bonds is 0. The molecule has 0 aliphatic carbocycles. The van der Waals surface area contributed by atoms with Crippen molar-refractivity contribution in [1.82, 2.24) is 10.5 Å². The number of hydrogen-bond acceptors (Lipinski definition) is 3. The fourth-order valence-electron chi connectivity index (χ4n) is 0.641. The molecule has 3 heteroatoms. The SMILES string of the molecule is CC1=CC=C(C)N(N)N1.